The number of fused-ring (bicyclic) bond motifs is 1. The highest BCUT2D eigenvalue weighted by molar-refractivity contribution is 5.93. The van der Waals surface area contributed by atoms with E-state index in [0.29, 0.717) is 0 Å². The second-order valence-corrected chi connectivity index (χ2v) is 6.61. The Kier molecular flexibility index (Phi) is 3.77. The molecule has 1 N–H and O–H groups in total. The number of hydrogen-bond acceptors (Lipinski definition) is 2. The van der Waals surface area contributed by atoms with Crippen LogP contribution in [0.3, 0.4) is 0 Å². The van der Waals surface area contributed by atoms with E-state index in [0.717, 1.165) is 28.1 Å². The van der Waals surface area contributed by atoms with Crippen LogP contribution in [-0.4, -0.2) is 9.78 Å². The van der Waals surface area contributed by atoms with E-state index in [1.54, 1.807) is 0 Å². The number of nitrogens with zero attached hydrogens (tertiary/aromatic N) is 2. The number of aryl methyl sites for hydroxylation is 3. The third-order valence-corrected chi connectivity index (χ3v) is 4.42. The first-order valence-corrected chi connectivity index (χ1v) is 8.50. The molecule has 1 aromatic heterocycles. The fourth-order valence-corrected chi connectivity index (χ4v) is 2.97. The zero-order valence-corrected chi connectivity index (χ0v) is 14.7. The molecule has 0 bridgehead atoms. The van der Waals surface area contributed by atoms with Crippen molar-refractivity contribution in [1.29, 1.82) is 0 Å². The molecule has 0 saturated carbocycles. The van der Waals surface area contributed by atoms with Crippen molar-refractivity contribution in [1.82, 2.24) is 9.78 Å². The standard InChI is InChI=1S/C22H21N3/c1-15-4-9-18(10-5-15)23-22-20-14-17(3)8-13-21(20)24-25(22)19-11-6-16(2)7-12-19/h4-14,23H,1-3H3. The van der Waals surface area contributed by atoms with Crippen molar-refractivity contribution in [2.75, 3.05) is 5.32 Å². The number of rotatable bonds is 3. The molecule has 0 amide bonds. The summed E-state index contributed by atoms with van der Waals surface area (Å²) in [5.74, 6) is 0.992. The Morgan fingerprint density at radius 1 is 0.720 bits per heavy atom. The predicted octanol–water partition coefficient (Wildman–Crippen LogP) is 5.69. The lowest BCUT2D eigenvalue weighted by Gasteiger charge is -2.11. The van der Waals surface area contributed by atoms with Crippen LogP contribution in [0.5, 0.6) is 0 Å². The lowest BCUT2D eigenvalue weighted by atomic mass is 10.1. The van der Waals surface area contributed by atoms with Gasteiger partial charge in [0.05, 0.1) is 11.2 Å². The number of anilines is 2. The molecule has 124 valence electrons. The Labute approximate surface area is 147 Å². The Morgan fingerprint density at radius 3 is 2.00 bits per heavy atom. The van der Waals surface area contributed by atoms with Crippen molar-refractivity contribution in [3.05, 3.63) is 83.4 Å². The smallest absolute Gasteiger partial charge is 0.142 e. The van der Waals surface area contributed by atoms with Gasteiger partial charge in [-0.15, -0.1) is 0 Å². The molecule has 0 saturated heterocycles. The van der Waals surface area contributed by atoms with Gasteiger partial charge in [0.15, 0.2) is 0 Å². The van der Waals surface area contributed by atoms with E-state index < -0.39 is 0 Å². The Balaban J connectivity index is 1.89. The van der Waals surface area contributed by atoms with Gasteiger partial charge in [0.1, 0.15) is 5.82 Å². The van der Waals surface area contributed by atoms with Gasteiger partial charge >= 0.3 is 0 Å². The van der Waals surface area contributed by atoms with Crippen LogP contribution in [0.15, 0.2) is 66.7 Å². The number of benzene rings is 3. The predicted molar refractivity (Wildman–Crippen MR) is 105 cm³/mol. The second kappa shape index (κ2) is 6.10. The first-order chi connectivity index (χ1) is 12.1. The number of hydrogen-bond donors (Lipinski definition) is 1. The quantitative estimate of drug-likeness (QED) is 0.523. The summed E-state index contributed by atoms with van der Waals surface area (Å²) >= 11 is 0. The van der Waals surface area contributed by atoms with E-state index in [9.17, 15) is 0 Å². The second-order valence-electron chi connectivity index (χ2n) is 6.61. The van der Waals surface area contributed by atoms with E-state index >= 15 is 0 Å². The molecule has 25 heavy (non-hydrogen) atoms. The fourth-order valence-electron chi connectivity index (χ4n) is 2.97. The first kappa shape index (κ1) is 15.5. The number of aromatic nitrogens is 2. The van der Waals surface area contributed by atoms with Crippen molar-refractivity contribution in [3.8, 4) is 5.69 Å². The van der Waals surface area contributed by atoms with Gasteiger partial charge in [-0.2, -0.15) is 5.10 Å². The van der Waals surface area contributed by atoms with Crippen LogP contribution in [0.2, 0.25) is 0 Å². The Bertz CT molecular complexity index is 1030. The SMILES string of the molecule is Cc1ccc(Nc2c3cc(C)ccc3nn2-c2ccc(C)cc2)cc1. The normalized spacial score (nSPS) is 11.0. The molecule has 0 aliphatic rings. The van der Waals surface area contributed by atoms with Crippen LogP contribution >= 0.6 is 0 Å². The van der Waals surface area contributed by atoms with Gasteiger partial charge in [0.2, 0.25) is 0 Å². The summed E-state index contributed by atoms with van der Waals surface area (Å²) in [6, 6.07) is 23.2. The highest BCUT2D eigenvalue weighted by Gasteiger charge is 2.13. The van der Waals surface area contributed by atoms with Gasteiger partial charge in [-0.25, -0.2) is 4.68 Å². The molecule has 0 atom stereocenters. The lowest BCUT2D eigenvalue weighted by molar-refractivity contribution is 0.903. The van der Waals surface area contributed by atoms with Gasteiger partial charge in [-0.3, -0.25) is 0 Å². The Morgan fingerprint density at radius 2 is 1.32 bits per heavy atom. The molecule has 0 spiro atoms. The zero-order chi connectivity index (χ0) is 17.4. The fraction of sp³-hybridized carbons (Fsp3) is 0.136. The van der Waals surface area contributed by atoms with Crippen molar-refractivity contribution < 1.29 is 0 Å². The molecule has 3 aromatic carbocycles. The average Bonchev–Trinajstić information content (AvgIpc) is 2.95. The molecule has 4 aromatic rings. The lowest BCUT2D eigenvalue weighted by Crippen LogP contribution is -2.02. The van der Waals surface area contributed by atoms with E-state index in [4.69, 9.17) is 5.10 Å². The van der Waals surface area contributed by atoms with Crippen molar-refractivity contribution in [2.45, 2.75) is 20.8 Å². The molecule has 3 nitrogen and oxygen atoms in total. The zero-order valence-electron chi connectivity index (χ0n) is 14.7. The maximum atomic E-state index is 4.82. The summed E-state index contributed by atoms with van der Waals surface area (Å²) in [6.07, 6.45) is 0. The average molecular weight is 327 g/mol. The summed E-state index contributed by atoms with van der Waals surface area (Å²) in [5.41, 5.74) is 6.81. The van der Waals surface area contributed by atoms with Gasteiger partial charge < -0.3 is 5.32 Å². The van der Waals surface area contributed by atoms with Crippen molar-refractivity contribution in [2.24, 2.45) is 0 Å². The summed E-state index contributed by atoms with van der Waals surface area (Å²) in [5, 5.41) is 9.51. The molecule has 0 aliphatic carbocycles. The summed E-state index contributed by atoms with van der Waals surface area (Å²) in [6.45, 7) is 6.30. The van der Waals surface area contributed by atoms with Gasteiger partial charge in [-0.05, 0) is 57.2 Å². The van der Waals surface area contributed by atoms with Gasteiger partial charge in [0, 0.05) is 11.1 Å². The molecule has 3 heteroatoms. The van der Waals surface area contributed by atoms with Crippen LogP contribution in [0.4, 0.5) is 11.5 Å². The van der Waals surface area contributed by atoms with E-state index in [1.807, 2.05) is 4.68 Å². The molecule has 0 fully saturated rings. The Hall–Kier alpha value is -3.07. The minimum Gasteiger partial charge on any atom is -0.340 e. The molecular formula is C22H21N3. The van der Waals surface area contributed by atoms with E-state index in [-0.39, 0.29) is 0 Å². The van der Waals surface area contributed by atoms with E-state index in [1.165, 1.54) is 16.7 Å². The third kappa shape index (κ3) is 3.01. The molecular weight excluding hydrogens is 306 g/mol. The largest absolute Gasteiger partial charge is 0.340 e. The minimum atomic E-state index is 0.987. The topological polar surface area (TPSA) is 29.9 Å². The summed E-state index contributed by atoms with van der Waals surface area (Å²) in [7, 11) is 0. The third-order valence-electron chi connectivity index (χ3n) is 4.42. The minimum absolute atomic E-state index is 0.987. The van der Waals surface area contributed by atoms with Crippen LogP contribution in [0.1, 0.15) is 16.7 Å². The van der Waals surface area contributed by atoms with Crippen LogP contribution in [0, 0.1) is 20.8 Å². The molecule has 0 aliphatic heterocycles. The highest BCUT2D eigenvalue weighted by atomic mass is 15.3. The summed E-state index contributed by atoms with van der Waals surface area (Å²) in [4.78, 5) is 0. The van der Waals surface area contributed by atoms with Crippen LogP contribution < -0.4 is 5.32 Å². The van der Waals surface area contributed by atoms with Crippen LogP contribution in [-0.2, 0) is 0 Å². The number of nitrogens with one attached hydrogen (secondary N) is 1. The van der Waals surface area contributed by atoms with Crippen LogP contribution in [0.25, 0.3) is 16.6 Å². The molecule has 0 radical (unpaired) electrons. The highest BCUT2D eigenvalue weighted by Crippen LogP contribution is 2.30. The molecule has 4 rings (SSSR count). The van der Waals surface area contributed by atoms with Crippen molar-refractivity contribution >= 4 is 22.4 Å². The van der Waals surface area contributed by atoms with Crippen molar-refractivity contribution in [3.63, 3.8) is 0 Å². The van der Waals surface area contributed by atoms with Gasteiger partial charge in [-0.1, -0.05) is 47.0 Å². The van der Waals surface area contributed by atoms with E-state index in [2.05, 4.69) is 92.8 Å². The summed E-state index contributed by atoms with van der Waals surface area (Å²) < 4.78 is 1.99. The molecule has 1 heterocycles. The molecule has 0 unspecified atom stereocenters. The van der Waals surface area contributed by atoms with Gasteiger partial charge in [0.25, 0.3) is 0 Å². The maximum absolute atomic E-state index is 4.82. The first-order valence-electron chi connectivity index (χ1n) is 8.50. The maximum Gasteiger partial charge on any atom is 0.142 e. The monoisotopic (exact) mass is 327 g/mol.